The molecule has 0 aliphatic carbocycles. The Bertz CT molecular complexity index is 646. The van der Waals surface area contributed by atoms with Gasteiger partial charge >= 0.3 is 12.0 Å². The highest BCUT2D eigenvalue weighted by Gasteiger charge is 2.30. The molecule has 28 heavy (non-hydrogen) atoms. The van der Waals surface area contributed by atoms with Gasteiger partial charge in [-0.25, -0.2) is 4.79 Å². The lowest BCUT2D eigenvalue weighted by atomic mass is 9.90. The SMILES string of the molecule is CN(CC(=O)O)CC1CN(C(=O)N2CCC(Cc3ccccc3)CC2)CCO1. The number of aliphatic carboxylic acids is 1. The van der Waals surface area contributed by atoms with Crippen molar-refractivity contribution in [2.45, 2.75) is 25.4 Å². The number of rotatable bonds is 6. The number of urea groups is 1. The van der Waals surface area contributed by atoms with Crippen LogP contribution in [-0.2, 0) is 16.0 Å². The molecule has 0 radical (unpaired) electrons. The van der Waals surface area contributed by atoms with Gasteiger partial charge in [-0.15, -0.1) is 0 Å². The van der Waals surface area contributed by atoms with E-state index in [0.717, 1.165) is 32.4 Å². The summed E-state index contributed by atoms with van der Waals surface area (Å²) < 4.78 is 5.73. The number of hydrogen-bond donors (Lipinski definition) is 1. The average molecular weight is 389 g/mol. The molecule has 2 saturated heterocycles. The van der Waals surface area contributed by atoms with E-state index >= 15 is 0 Å². The summed E-state index contributed by atoms with van der Waals surface area (Å²) in [7, 11) is 1.76. The maximum Gasteiger partial charge on any atom is 0.320 e. The van der Waals surface area contributed by atoms with Crippen LogP contribution in [0.25, 0.3) is 0 Å². The largest absolute Gasteiger partial charge is 0.480 e. The van der Waals surface area contributed by atoms with Crippen LogP contribution in [0.3, 0.4) is 0 Å². The van der Waals surface area contributed by atoms with Crippen LogP contribution in [0.1, 0.15) is 18.4 Å². The minimum atomic E-state index is -0.857. The predicted octanol–water partition coefficient (Wildman–Crippen LogP) is 1.78. The minimum absolute atomic E-state index is 0.0251. The van der Waals surface area contributed by atoms with Crippen molar-refractivity contribution >= 4 is 12.0 Å². The number of carboxylic acids is 1. The van der Waals surface area contributed by atoms with Crippen molar-refractivity contribution in [3.05, 3.63) is 35.9 Å². The number of likely N-dealkylation sites (N-methyl/N-ethyl adjacent to an activating group) is 1. The van der Waals surface area contributed by atoms with Crippen LogP contribution >= 0.6 is 0 Å². The van der Waals surface area contributed by atoms with Gasteiger partial charge < -0.3 is 19.6 Å². The van der Waals surface area contributed by atoms with Gasteiger partial charge in [-0.1, -0.05) is 30.3 Å². The van der Waals surface area contributed by atoms with Crippen molar-refractivity contribution in [1.82, 2.24) is 14.7 Å². The molecule has 1 unspecified atom stereocenters. The van der Waals surface area contributed by atoms with Gasteiger partial charge in [0, 0.05) is 32.7 Å². The molecule has 2 heterocycles. The Morgan fingerprint density at radius 3 is 2.54 bits per heavy atom. The maximum absolute atomic E-state index is 12.9. The van der Waals surface area contributed by atoms with Crippen molar-refractivity contribution in [1.29, 1.82) is 0 Å². The summed E-state index contributed by atoms with van der Waals surface area (Å²) >= 11 is 0. The van der Waals surface area contributed by atoms with Crippen LogP contribution in [-0.4, -0.2) is 90.8 Å². The minimum Gasteiger partial charge on any atom is -0.480 e. The van der Waals surface area contributed by atoms with Crippen LogP contribution in [0.4, 0.5) is 4.79 Å². The lowest BCUT2D eigenvalue weighted by molar-refractivity contribution is -0.138. The molecule has 1 atom stereocenters. The number of piperidine rings is 1. The van der Waals surface area contributed by atoms with Crippen molar-refractivity contribution in [3.63, 3.8) is 0 Å². The highest BCUT2D eigenvalue weighted by atomic mass is 16.5. The number of ether oxygens (including phenoxy) is 1. The molecule has 154 valence electrons. The fourth-order valence-corrected chi connectivity index (χ4v) is 4.12. The first-order valence-corrected chi connectivity index (χ1v) is 10.1. The molecule has 3 rings (SSSR count). The van der Waals surface area contributed by atoms with Crippen molar-refractivity contribution < 1.29 is 19.4 Å². The topological polar surface area (TPSA) is 73.3 Å². The summed E-state index contributed by atoms with van der Waals surface area (Å²) in [4.78, 5) is 29.3. The molecule has 2 aliphatic heterocycles. The van der Waals surface area contributed by atoms with E-state index in [-0.39, 0.29) is 18.7 Å². The number of carboxylic acid groups (broad SMARTS) is 1. The zero-order valence-corrected chi connectivity index (χ0v) is 16.6. The normalized spacial score (nSPS) is 21.1. The van der Waals surface area contributed by atoms with E-state index in [1.807, 2.05) is 15.9 Å². The molecule has 7 heteroatoms. The monoisotopic (exact) mass is 389 g/mol. The Kier molecular flexibility index (Phi) is 7.28. The highest BCUT2D eigenvalue weighted by molar-refractivity contribution is 5.74. The lowest BCUT2D eigenvalue weighted by Crippen LogP contribution is -2.54. The third-order valence-corrected chi connectivity index (χ3v) is 5.58. The third kappa shape index (κ3) is 5.94. The number of nitrogens with zero attached hydrogens (tertiary/aromatic N) is 3. The molecule has 1 aromatic carbocycles. The number of amides is 2. The molecule has 0 spiro atoms. The van der Waals surface area contributed by atoms with Gasteiger partial charge in [0.25, 0.3) is 0 Å². The molecule has 2 amide bonds. The Hall–Kier alpha value is -2.12. The average Bonchev–Trinajstić information content (AvgIpc) is 2.68. The molecule has 7 nitrogen and oxygen atoms in total. The van der Waals surface area contributed by atoms with Crippen LogP contribution in [0, 0.1) is 5.92 Å². The fourth-order valence-electron chi connectivity index (χ4n) is 4.12. The van der Waals surface area contributed by atoms with Gasteiger partial charge in [0.05, 0.1) is 19.3 Å². The maximum atomic E-state index is 12.9. The Morgan fingerprint density at radius 1 is 1.14 bits per heavy atom. The van der Waals surface area contributed by atoms with Gasteiger partial charge in [0.2, 0.25) is 0 Å². The first-order chi connectivity index (χ1) is 13.5. The first kappa shape index (κ1) is 20.6. The number of benzene rings is 1. The van der Waals surface area contributed by atoms with Gasteiger partial charge in [0.15, 0.2) is 0 Å². The van der Waals surface area contributed by atoms with Crippen LogP contribution in [0.15, 0.2) is 30.3 Å². The summed E-state index contributed by atoms with van der Waals surface area (Å²) in [5.74, 6) is -0.224. The number of carbonyl (C=O) groups excluding carboxylic acids is 1. The number of carbonyl (C=O) groups is 2. The highest BCUT2D eigenvalue weighted by Crippen LogP contribution is 2.23. The van der Waals surface area contributed by atoms with Crippen molar-refractivity contribution in [3.8, 4) is 0 Å². The zero-order valence-electron chi connectivity index (χ0n) is 16.6. The number of hydrogen-bond acceptors (Lipinski definition) is 4. The summed E-state index contributed by atoms with van der Waals surface area (Å²) in [5.41, 5.74) is 1.37. The Labute approximate surface area is 166 Å². The molecule has 1 N–H and O–H groups in total. The summed E-state index contributed by atoms with van der Waals surface area (Å²) in [6.45, 7) is 3.71. The number of morpholine rings is 1. The van der Waals surface area contributed by atoms with Gasteiger partial charge in [-0.3, -0.25) is 9.69 Å². The van der Waals surface area contributed by atoms with E-state index in [9.17, 15) is 9.59 Å². The van der Waals surface area contributed by atoms with Crippen LogP contribution < -0.4 is 0 Å². The molecular formula is C21H31N3O4. The fraction of sp³-hybridized carbons (Fsp3) is 0.619. The van der Waals surface area contributed by atoms with E-state index in [1.54, 1.807) is 11.9 Å². The Balaban J connectivity index is 1.44. The smallest absolute Gasteiger partial charge is 0.320 e. The van der Waals surface area contributed by atoms with Crippen LogP contribution in [0.5, 0.6) is 0 Å². The predicted molar refractivity (Wildman–Crippen MR) is 106 cm³/mol. The number of likely N-dealkylation sites (tertiary alicyclic amines) is 1. The van der Waals surface area contributed by atoms with Gasteiger partial charge in [-0.05, 0) is 37.8 Å². The summed E-state index contributed by atoms with van der Waals surface area (Å²) in [6.07, 6.45) is 3.02. The van der Waals surface area contributed by atoms with E-state index < -0.39 is 5.97 Å². The molecule has 0 bridgehead atoms. The standard InChI is InChI=1S/C21H31N3O4/c1-22(16-20(25)26)14-19-15-24(11-12-28-19)21(27)23-9-7-18(8-10-23)13-17-5-3-2-4-6-17/h2-6,18-19H,7-16H2,1H3,(H,25,26). The second kappa shape index (κ2) is 9.89. The van der Waals surface area contributed by atoms with Crippen molar-refractivity contribution in [2.75, 3.05) is 52.9 Å². The van der Waals surface area contributed by atoms with Gasteiger partial charge in [0.1, 0.15) is 0 Å². The Morgan fingerprint density at radius 2 is 1.86 bits per heavy atom. The van der Waals surface area contributed by atoms with E-state index in [4.69, 9.17) is 9.84 Å². The molecule has 0 saturated carbocycles. The second-order valence-corrected chi connectivity index (χ2v) is 7.93. The van der Waals surface area contributed by atoms with Crippen LogP contribution in [0.2, 0.25) is 0 Å². The van der Waals surface area contributed by atoms with Crippen molar-refractivity contribution in [2.24, 2.45) is 5.92 Å². The third-order valence-electron chi connectivity index (χ3n) is 5.58. The molecule has 1 aromatic rings. The lowest BCUT2D eigenvalue weighted by Gasteiger charge is -2.39. The van der Waals surface area contributed by atoms with E-state index in [0.29, 0.717) is 32.2 Å². The molecular weight excluding hydrogens is 358 g/mol. The van der Waals surface area contributed by atoms with E-state index in [1.165, 1.54) is 5.56 Å². The first-order valence-electron chi connectivity index (χ1n) is 10.1. The quantitative estimate of drug-likeness (QED) is 0.803. The van der Waals surface area contributed by atoms with E-state index in [2.05, 4.69) is 24.3 Å². The van der Waals surface area contributed by atoms with Gasteiger partial charge in [-0.2, -0.15) is 0 Å². The molecule has 0 aromatic heterocycles. The summed E-state index contributed by atoms with van der Waals surface area (Å²) in [6, 6.07) is 10.6. The summed E-state index contributed by atoms with van der Waals surface area (Å²) in [5, 5.41) is 8.88. The molecule has 2 aliphatic rings. The second-order valence-electron chi connectivity index (χ2n) is 7.93. The zero-order chi connectivity index (χ0) is 19.9. The molecule has 2 fully saturated rings.